The zero-order valence-electron chi connectivity index (χ0n) is 9.47. The number of nitrogens with one attached hydrogen (secondary N) is 1. The van der Waals surface area contributed by atoms with Crippen LogP contribution in [-0.2, 0) is 4.79 Å². The summed E-state index contributed by atoms with van der Waals surface area (Å²) >= 11 is 1.55. The van der Waals surface area contributed by atoms with E-state index in [1.165, 1.54) is 38.5 Å². The van der Waals surface area contributed by atoms with Crippen LogP contribution < -0.4 is 4.72 Å². The molecule has 0 unspecified atom stereocenters. The average Bonchev–Trinajstić information content (AvgIpc) is 2.21. The maximum Gasteiger partial charge on any atom is 0.229 e. The van der Waals surface area contributed by atoms with E-state index in [1.54, 1.807) is 11.9 Å². The molecule has 0 aromatic carbocycles. The minimum absolute atomic E-state index is 0.140. The third-order valence-corrected chi connectivity index (χ3v) is 2.97. The summed E-state index contributed by atoms with van der Waals surface area (Å²) in [5.41, 5.74) is 0. The molecule has 0 saturated heterocycles. The summed E-state index contributed by atoms with van der Waals surface area (Å²) in [6.07, 6.45) is 8.48. The highest BCUT2D eigenvalue weighted by atomic mass is 32.2. The fourth-order valence-corrected chi connectivity index (χ4v) is 1.91. The van der Waals surface area contributed by atoms with Gasteiger partial charge in [-0.25, -0.2) is 0 Å². The van der Waals surface area contributed by atoms with Crippen LogP contribution in [0.15, 0.2) is 0 Å². The summed E-state index contributed by atoms with van der Waals surface area (Å²) in [7, 11) is 0. The normalized spacial score (nSPS) is 10.1. The number of carbonyl (C=O) groups excluding carboxylic acids is 1. The molecule has 0 aromatic heterocycles. The van der Waals surface area contributed by atoms with Crippen LogP contribution in [0.1, 0.15) is 58.8 Å². The fourth-order valence-electron chi connectivity index (χ4n) is 1.16. The van der Waals surface area contributed by atoms with Gasteiger partial charge >= 0.3 is 0 Å². The molecule has 84 valence electrons. The lowest BCUT2D eigenvalue weighted by atomic mass is 10.1. The Morgan fingerprint density at radius 1 is 1.07 bits per heavy atom. The van der Waals surface area contributed by atoms with Crippen LogP contribution in [0.5, 0.6) is 0 Å². The Labute approximate surface area is 92.4 Å². The van der Waals surface area contributed by atoms with E-state index >= 15 is 0 Å². The number of hydrogen-bond donors (Lipinski definition) is 1. The molecule has 0 rings (SSSR count). The van der Waals surface area contributed by atoms with Gasteiger partial charge in [-0.15, -0.1) is 0 Å². The second-order valence-electron chi connectivity index (χ2n) is 3.50. The van der Waals surface area contributed by atoms with E-state index in [0.717, 1.165) is 5.75 Å². The highest BCUT2D eigenvalue weighted by Gasteiger charge is 1.95. The van der Waals surface area contributed by atoms with Crippen molar-refractivity contribution in [3.05, 3.63) is 0 Å². The van der Waals surface area contributed by atoms with Crippen LogP contribution in [0, 0.1) is 0 Å². The van der Waals surface area contributed by atoms with Crippen molar-refractivity contribution in [1.82, 2.24) is 4.72 Å². The number of rotatable bonds is 9. The minimum atomic E-state index is 0.140. The molecule has 0 saturated carbocycles. The summed E-state index contributed by atoms with van der Waals surface area (Å²) in [4.78, 5) is 10.9. The monoisotopic (exact) mass is 217 g/mol. The Hall–Kier alpha value is -0.180. The number of carbonyl (C=O) groups is 1. The van der Waals surface area contributed by atoms with E-state index < -0.39 is 0 Å². The molecule has 0 aliphatic carbocycles. The highest BCUT2D eigenvalue weighted by molar-refractivity contribution is 7.97. The molecule has 0 radical (unpaired) electrons. The topological polar surface area (TPSA) is 29.1 Å². The lowest BCUT2D eigenvalue weighted by Gasteiger charge is -2.02. The van der Waals surface area contributed by atoms with Crippen LogP contribution in [0.25, 0.3) is 0 Å². The number of amides is 1. The van der Waals surface area contributed by atoms with Gasteiger partial charge in [-0.05, 0) is 6.42 Å². The van der Waals surface area contributed by atoms with Crippen molar-refractivity contribution in [2.75, 3.05) is 5.75 Å². The first-order chi connectivity index (χ1) is 6.81. The Kier molecular flexibility index (Phi) is 10.8. The van der Waals surface area contributed by atoms with Crippen LogP contribution in [0.4, 0.5) is 0 Å². The van der Waals surface area contributed by atoms with Gasteiger partial charge in [-0.1, -0.05) is 57.9 Å². The first kappa shape index (κ1) is 13.8. The van der Waals surface area contributed by atoms with Gasteiger partial charge in [-0.2, -0.15) is 0 Å². The summed E-state index contributed by atoms with van der Waals surface area (Å²) in [6.45, 7) is 4.11. The molecule has 0 bridgehead atoms. The summed E-state index contributed by atoms with van der Waals surface area (Å²) < 4.78 is 2.81. The van der Waals surface area contributed by atoms with Crippen molar-refractivity contribution in [3.8, 4) is 0 Å². The summed E-state index contributed by atoms with van der Waals surface area (Å²) in [5.74, 6) is 1.19. The molecule has 0 aliphatic rings. The maximum atomic E-state index is 10.9. The number of hydrogen-bond acceptors (Lipinski definition) is 2. The molecule has 0 spiro atoms. The molecule has 1 amide bonds. The van der Waals surface area contributed by atoms with Crippen molar-refractivity contribution in [2.24, 2.45) is 0 Å². The Bertz CT molecular complexity index is 139. The van der Waals surface area contributed by atoms with E-state index in [2.05, 4.69) is 11.6 Å². The Balaban J connectivity index is 2.95. The van der Waals surface area contributed by atoms with Gasteiger partial charge in [0.25, 0.3) is 0 Å². The second kappa shape index (κ2) is 10.9. The summed E-state index contributed by atoms with van der Waals surface area (Å²) in [5, 5.41) is 0. The third-order valence-electron chi connectivity index (χ3n) is 2.11. The molecule has 0 aliphatic heterocycles. The third kappa shape index (κ3) is 9.90. The maximum absolute atomic E-state index is 10.9. The van der Waals surface area contributed by atoms with Gasteiger partial charge in [0.05, 0.1) is 0 Å². The van der Waals surface area contributed by atoms with E-state index in [1.807, 2.05) is 6.92 Å². The van der Waals surface area contributed by atoms with Gasteiger partial charge in [0.1, 0.15) is 0 Å². The first-order valence-electron chi connectivity index (χ1n) is 5.71. The molecule has 2 nitrogen and oxygen atoms in total. The Morgan fingerprint density at radius 2 is 1.71 bits per heavy atom. The number of unbranched alkanes of at least 4 members (excludes halogenated alkanes) is 5. The van der Waals surface area contributed by atoms with Crippen molar-refractivity contribution in [3.63, 3.8) is 0 Å². The van der Waals surface area contributed by atoms with Crippen molar-refractivity contribution >= 4 is 17.9 Å². The van der Waals surface area contributed by atoms with Crippen LogP contribution in [0.2, 0.25) is 0 Å². The molecule has 14 heavy (non-hydrogen) atoms. The molecular weight excluding hydrogens is 194 g/mol. The fraction of sp³-hybridized carbons (Fsp3) is 0.909. The molecule has 0 aromatic rings. The zero-order valence-corrected chi connectivity index (χ0v) is 10.3. The zero-order chi connectivity index (χ0) is 10.6. The molecular formula is C11H23NOS. The smallest absolute Gasteiger partial charge is 0.229 e. The largest absolute Gasteiger partial charge is 0.300 e. The minimum Gasteiger partial charge on any atom is -0.300 e. The molecule has 0 atom stereocenters. The standard InChI is InChI=1S/C11H23NOS/c1-3-5-6-7-8-9-10-14-12-11(13)4-2/h3-10H2,1-2H3,(H,12,13). The molecule has 0 fully saturated rings. The lowest BCUT2D eigenvalue weighted by molar-refractivity contribution is -0.118. The van der Waals surface area contributed by atoms with Gasteiger partial charge in [-0.3, -0.25) is 4.79 Å². The van der Waals surface area contributed by atoms with E-state index in [-0.39, 0.29) is 5.91 Å². The van der Waals surface area contributed by atoms with Gasteiger partial charge in [0.2, 0.25) is 5.91 Å². The van der Waals surface area contributed by atoms with E-state index in [4.69, 9.17) is 0 Å². The SMILES string of the molecule is CCCCCCCCSNC(=O)CC. The molecule has 1 N–H and O–H groups in total. The predicted octanol–water partition coefficient (Wildman–Crippen LogP) is 3.52. The highest BCUT2D eigenvalue weighted by Crippen LogP contribution is 2.07. The van der Waals surface area contributed by atoms with E-state index in [9.17, 15) is 4.79 Å². The lowest BCUT2D eigenvalue weighted by Crippen LogP contribution is -2.14. The Morgan fingerprint density at radius 3 is 2.36 bits per heavy atom. The molecule has 3 heteroatoms. The van der Waals surface area contributed by atoms with Crippen LogP contribution >= 0.6 is 11.9 Å². The van der Waals surface area contributed by atoms with Gasteiger partial charge in [0, 0.05) is 12.2 Å². The first-order valence-corrected chi connectivity index (χ1v) is 6.70. The van der Waals surface area contributed by atoms with Crippen molar-refractivity contribution in [1.29, 1.82) is 0 Å². The average molecular weight is 217 g/mol. The van der Waals surface area contributed by atoms with Crippen molar-refractivity contribution < 1.29 is 4.79 Å². The quantitative estimate of drug-likeness (QED) is 0.473. The summed E-state index contributed by atoms with van der Waals surface area (Å²) in [6, 6.07) is 0. The predicted molar refractivity (Wildman–Crippen MR) is 64.3 cm³/mol. The van der Waals surface area contributed by atoms with Crippen LogP contribution in [-0.4, -0.2) is 11.7 Å². The second-order valence-corrected chi connectivity index (χ2v) is 4.40. The molecule has 0 heterocycles. The van der Waals surface area contributed by atoms with E-state index in [0.29, 0.717) is 6.42 Å². The van der Waals surface area contributed by atoms with Crippen LogP contribution in [0.3, 0.4) is 0 Å². The van der Waals surface area contributed by atoms with Gasteiger partial charge < -0.3 is 4.72 Å². The van der Waals surface area contributed by atoms with Gasteiger partial charge in [0.15, 0.2) is 0 Å². The van der Waals surface area contributed by atoms with Crippen molar-refractivity contribution in [2.45, 2.75) is 58.8 Å².